The lowest BCUT2D eigenvalue weighted by atomic mass is 10.1. The van der Waals surface area contributed by atoms with Crippen LogP contribution in [0.5, 0.6) is 0 Å². The number of hydrogen-bond donors (Lipinski definition) is 0. The van der Waals surface area contributed by atoms with Crippen LogP contribution in [0.15, 0.2) is 53.3 Å². The molecule has 0 unspecified atom stereocenters. The molecular formula is C17H15ClN2O. The van der Waals surface area contributed by atoms with Gasteiger partial charge in [0.15, 0.2) is 0 Å². The third kappa shape index (κ3) is 2.45. The summed E-state index contributed by atoms with van der Waals surface area (Å²) in [6, 6.07) is 14.7. The quantitative estimate of drug-likeness (QED) is 0.712. The second-order valence-electron chi connectivity index (χ2n) is 5.26. The molecule has 106 valence electrons. The van der Waals surface area contributed by atoms with Gasteiger partial charge in [-0.1, -0.05) is 37.6 Å². The van der Waals surface area contributed by atoms with Gasteiger partial charge in [-0.05, 0) is 36.4 Å². The molecule has 0 N–H and O–H groups in total. The van der Waals surface area contributed by atoms with Gasteiger partial charge in [-0.15, -0.1) is 0 Å². The maximum Gasteiger partial charge on any atom is 0.265 e. The summed E-state index contributed by atoms with van der Waals surface area (Å²) < 4.78 is 1.67. The first-order valence-electron chi connectivity index (χ1n) is 6.85. The number of para-hydroxylation sites is 1. The third-order valence-electron chi connectivity index (χ3n) is 3.40. The number of halogens is 1. The summed E-state index contributed by atoms with van der Waals surface area (Å²) >= 11 is 5.93. The highest BCUT2D eigenvalue weighted by atomic mass is 35.5. The highest BCUT2D eigenvalue weighted by molar-refractivity contribution is 6.30. The van der Waals surface area contributed by atoms with Gasteiger partial charge in [0.1, 0.15) is 5.82 Å². The fourth-order valence-corrected chi connectivity index (χ4v) is 2.50. The van der Waals surface area contributed by atoms with Crippen molar-refractivity contribution in [2.45, 2.75) is 19.8 Å². The molecule has 0 fully saturated rings. The van der Waals surface area contributed by atoms with Gasteiger partial charge < -0.3 is 0 Å². The molecule has 0 bridgehead atoms. The Labute approximate surface area is 127 Å². The van der Waals surface area contributed by atoms with E-state index in [4.69, 9.17) is 11.6 Å². The summed E-state index contributed by atoms with van der Waals surface area (Å²) in [6.07, 6.45) is 0. The van der Waals surface area contributed by atoms with Gasteiger partial charge >= 0.3 is 0 Å². The van der Waals surface area contributed by atoms with Crippen LogP contribution >= 0.6 is 11.6 Å². The summed E-state index contributed by atoms with van der Waals surface area (Å²) in [5.41, 5.74) is 1.47. The van der Waals surface area contributed by atoms with Crippen molar-refractivity contribution >= 4 is 22.5 Å². The first-order chi connectivity index (χ1) is 10.1. The van der Waals surface area contributed by atoms with Crippen LogP contribution in [0.2, 0.25) is 5.02 Å². The Kier molecular flexibility index (Phi) is 3.52. The van der Waals surface area contributed by atoms with Crippen LogP contribution in [-0.2, 0) is 0 Å². The van der Waals surface area contributed by atoms with Crippen molar-refractivity contribution in [2.75, 3.05) is 0 Å². The second kappa shape index (κ2) is 5.34. The van der Waals surface area contributed by atoms with E-state index < -0.39 is 0 Å². The molecule has 3 aromatic rings. The number of rotatable bonds is 2. The molecule has 3 rings (SSSR count). The van der Waals surface area contributed by atoms with Crippen molar-refractivity contribution in [3.05, 3.63) is 69.7 Å². The zero-order valence-electron chi connectivity index (χ0n) is 11.9. The van der Waals surface area contributed by atoms with Gasteiger partial charge in [0.05, 0.1) is 16.6 Å². The molecule has 0 amide bonds. The van der Waals surface area contributed by atoms with Gasteiger partial charge in [0, 0.05) is 10.9 Å². The minimum atomic E-state index is -0.0494. The van der Waals surface area contributed by atoms with Crippen LogP contribution in [0, 0.1) is 0 Å². The summed E-state index contributed by atoms with van der Waals surface area (Å²) in [7, 11) is 0. The van der Waals surface area contributed by atoms with Crippen LogP contribution in [0.4, 0.5) is 0 Å². The Morgan fingerprint density at radius 3 is 2.38 bits per heavy atom. The summed E-state index contributed by atoms with van der Waals surface area (Å²) in [4.78, 5) is 17.5. The Morgan fingerprint density at radius 2 is 1.71 bits per heavy atom. The molecule has 0 aliphatic heterocycles. The normalized spacial score (nSPS) is 11.2. The van der Waals surface area contributed by atoms with E-state index in [9.17, 15) is 4.79 Å². The van der Waals surface area contributed by atoms with Crippen molar-refractivity contribution in [1.82, 2.24) is 9.55 Å². The Morgan fingerprint density at radius 1 is 1.05 bits per heavy atom. The lowest BCUT2D eigenvalue weighted by Crippen LogP contribution is -2.24. The fourth-order valence-electron chi connectivity index (χ4n) is 2.38. The lowest BCUT2D eigenvalue weighted by molar-refractivity contribution is 0.723. The minimum absolute atomic E-state index is 0.0494. The Bertz CT molecular complexity index is 851. The Hall–Kier alpha value is -2.13. The van der Waals surface area contributed by atoms with Gasteiger partial charge in [0.25, 0.3) is 5.56 Å². The van der Waals surface area contributed by atoms with E-state index in [0.717, 1.165) is 17.0 Å². The molecule has 0 spiro atoms. The number of benzene rings is 2. The molecule has 1 heterocycles. The smallest absolute Gasteiger partial charge is 0.265 e. The van der Waals surface area contributed by atoms with Gasteiger partial charge in [-0.3, -0.25) is 9.36 Å². The zero-order chi connectivity index (χ0) is 15.0. The predicted octanol–water partition coefficient (Wildman–Crippen LogP) is 4.16. The fraction of sp³-hybridized carbons (Fsp3) is 0.176. The first-order valence-corrected chi connectivity index (χ1v) is 7.23. The molecule has 4 heteroatoms. The monoisotopic (exact) mass is 298 g/mol. The molecule has 0 saturated carbocycles. The van der Waals surface area contributed by atoms with Gasteiger partial charge in [0.2, 0.25) is 0 Å². The van der Waals surface area contributed by atoms with E-state index in [-0.39, 0.29) is 11.5 Å². The summed E-state index contributed by atoms with van der Waals surface area (Å²) in [5, 5.41) is 1.27. The van der Waals surface area contributed by atoms with Crippen molar-refractivity contribution in [2.24, 2.45) is 0 Å². The van der Waals surface area contributed by atoms with Crippen LogP contribution in [0.3, 0.4) is 0 Å². The van der Waals surface area contributed by atoms with E-state index in [0.29, 0.717) is 10.4 Å². The van der Waals surface area contributed by atoms with Crippen molar-refractivity contribution < 1.29 is 0 Å². The molecule has 0 aliphatic carbocycles. The molecule has 3 nitrogen and oxygen atoms in total. The van der Waals surface area contributed by atoms with E-state index in [2.05, 4.69) is 4.98 Å². The van der Waals surface area contributed by atoms with Crippen LogP contribution in [0.25, 0.3) is 16.6 Å². The maximum atomic E-state index is 12.8. The van der Waals surface area contributed by atoms with Crippen LogP contribution < -0.4 is 5.56 Å². The van der Waals surface area contributed by atoms with Crippen molar-refractivity contribution in [3.63, 3.8) is 0 Å². The second-order valence-corrected chi connectivity index (χ2v) is 5.70. The predicted molar refractivity (Wildman–Crippen MR) is 86.4 cm³/mol. The molecule has 0 saturated heterocycles. The zero-order valence-corrected chi connectivity index (χ0v) is 12.6. The van der Waals surface area contributed by atoms with Crippen LogP contribution in [0.1, 0.15) is 25.6 Å². The largest absolute Gasteiger partial charge is 0.268 e. The van der Waals surface area contributed by atoms with E-state index in [1.165, 1.54) is 0 Å². The van der Waals surface area contributed by atoms with Gasteiger partial charge in [-0.25, -0.2) is 4.98 Å². The number of nitrogens with zero attached hydrogens (tertiary/aromatic N) is 2. The van der Waals surface area contributed by atoms with Crippen molar-refractivity contribution in [3.8, 4) is 5.69 Å². The number of aromatic nitrogens is 2. The van der Waals surface area contributed by atoms with E-state index in [1.54, 1.807) is 22.8 Å². The molecule has 0 radical (unpaired) electrons. The highest BCUT2D eigenvalue weighted by Crippen LogP contribution is 2.20. The molecule has 2 aromatic carbocycles. The number of fused-ring (bicyclic) bond motifs is 1. The molecule has 0 aliphatic rings. The molecular weight excluding hydrogens is 284 g/mol. The average Bonchev–Trinajstić information content (AvgIpc) is 2.48. The summed E-state index contributed by atoms with van der Waals surface area (Å²) in [5.74, 6) is 0.888. The maximum absolute atomic E-state index is 12.8. The highest BCUT2D eigenvalue weighted by Gasteiger charge is 2.14. The molecule has 1 aromatic heterocycles. The minimum Gasteiger partial charge on any atom is -0.268 e. The third-order valence-corrected chi connectivity index (χ3v) is 3.65. The molecule has 21 heavy (non-hydrogen) atoms. The van der Waals surface area contributed by atoms with E-state index >= 15 is 0 Å². The standard InChI is InChI=1S/C17H15ClN2O/c1-11(2)16-19-15-6-4-3-5-14(15)17(21)20(16)13-9-7-12(18)8-10-13/h3-11H,1-2H3. The lowest BCUT2D eigenvalue weighted by Gasteiger charge is -2.16. The number of hydrogen-bond acceptors (Lipinski definition) is 2. The summed E-state index contributed by atoms with van der Waals surface area (Å²) in [6.45, 7) is 4.06. The SMILES string of the molecule is CC(C)c1nc2ccccc2c(=O)n1-c1ccc(Cl)cc1. The average molecular weight is 299 g/mol. The van der Waals surface area contributed by atoms with Gasteiger partial charge in [-0.2, -0.15) is 0 Å². The topological polar surface area (TPSA) is 34.9 Å². The molecule has 0 atom stereocenters. The van der Waals surface area contributed by atoms with Crippen LogP contribution in [-0.4, -0.2) is 9.55 Å². The van der Waals surface area contributed by atoms with Crippen molar-refractivity contribution in [1.29, 1.82) is 0 Å². The van der Waals surface area contributed by atoms with E-state index in [1.807, 2.05) is 44.2 Å². The Balaban J connectivity index is 2.39. The first kappa shape index (κ1) is 13.8.